The molecule has 18 heavy (non-hydrogen) atoms. The van der Waals surface area contributed by atoms with E-state index in [0.717, 1.165) is 0 Å². The van der Waals surface area contributed by atoms with E-state index < -0.39 is 0 Å². The van der Waals surface area contributed by atoms with Crippen molar-refractivity contribution in [2.24, 2.45) is 5.92 Å². The van der Waals surface area contributed by atoms with Gasteiger partial charge in [-0.1, -0.05) is 48.6 Å². The van der Waals surface area contributed by atoms with Crippen LogP contribution in [-0.4, -0.2) is 14.1 Å². The first-order valence-corrected chi connectivity index (χ1v) is 6.17. The Hall–Kier alpha value is -2.02. The fourth-order valence-corrected chi connectivity index (χ4v) is 1.99. The summed E-state index contributed by atoms with van der Waals surface area (Å²) >= 11 is 0. The third-order valence-corrected chi connectivity index (χ3v) is 3.10. The van der Waals surface area contributed by atoms with Crippen LogP contribution in [0.25, 0.3) is 6.08 Å². The minimum Gasteiger partial charge on any atom is -0.378 e. The first-order chi connectivity index (χ1) is 8.70. The predicted octanol–water partition coefficient (Wildman–Crippen LogP) is 4.06. The van der Waals surface area contributed by atoms with Crippen molar-refractivity contribution in [3.63, 3.8) is 0 Å². The Morgan fingerprint density at radius 3 is 2.44 bits per heavy atom. The van der Waals surface area contributed by atoms with Gasteiger partial charge >= 0.3 is 0 Å². The lowest BCUT2D eigenvalue weighted by atomic mass is 9.93. The van der Waals surface area contributed by atoms with Gasteiger partial charge in [-0.15, -0.1) is 6.58 Å². The zero-order chi connectivity index (χ0) is 13.0. The second kappa shape index (κ2) is 5.54. The summed E-state index contributed by atoms with van der Waals surface area (Å²) in [5.41, 5.74) is 3.73. The molecule has 0 saturated heterocycles. The summed E-state index contributed by atoms with van der Waals surface area (Å²) in [4.78, 5) is 2.10. The summed E-state index contributed by atoms with van der Waals surface area (Å²) in [7, 11) is 4.10. The maximum Gasteiger partial charge on any atom is 0.0361 e. The van der Waals surface area contributed by atoms with Crippen molar-refractivity contribution in [3.05, 3.63) is 72.4 Å². The molecule has 1 atom stereocenters. The average molecular weight is 237 g/mol. The Morgan fingerprint density at radius 2 is 1.83 bits per heavy atom. The van der Waals surface area contributed by atoms with Gasteiger partial charge in [0.2, 0.25) is 0 Å². The zero-order valence-corrected chi connectivity index (χ0v) is 11.0. The van der Waals surface area contributed by atoms with Crippen molar-refractivity contribution in [3.8, 4) is 0 Å². The molecule has 0 bridgehead atoms. The van der Waals surface area contributed by atoms with Gasteiger partial charge in [0.1, 0.15) is 0 Å². The van der Waals surface area contributed by atoms with E-state index >= 15 is 0 Å². The summed E-state index contributed by atoms with van der Waals surface area (Å²) in [6.07, 6.45) is 12.6. The SMILES string of the molecule is C=CC1C=CC=CC1=Cc1ccc(N(C)C)cc1. The fourth-order valence-electron chi connectivity index (χ4n) is 1.99. The summed E-state index contributed by atoms with van der Waals surface area (Å²) in [6.45, 7) is 3.88. The number of nitrogens with zero attached hydrogens (tertiary/aromatic N) is 1. The number of allylic oxidation sites excluding steroid dienone is 6. The number of hydrogen-bond donors (Lipinski definition) is 0. The highest BCUT2D eigenvalue weighted by Crippen LogP contribution is 2.23. The summed E-state index contributed by atoms with van der Waals surface area (Å²) < 4.78 is 0. The molecule has 0 heterocycles. The van der Waals surface area contributed by atoms with Gasteiger partial charge in [-0.05, 0) is 23.3 Å². The quantitative estimate of drug-likeness (QED) is 0.716. The fraction of sp³-hybridized carbons (Fsp3) is 0.176. The molecule has 0 radical (unpaired) electrons. The third kappa shape index (κ3) is 2.80. The van der Waals surface area contributed by atoms with Crippen molar-refractivity contribution < 1.29 is 0 Å². The monoisotopic (exact) mass is 237 g/mol. The Labute approximate surface area is 109 Å². The van der Waals surface area contributed by atoms with E-state index in [4.69, 9.17) is 0 Å². The molecule has 0 fully saturated rings. The molecule has 1 unspecified atom stereocenters. The van der Waals surface area contributed by atoms with Crippen LogP contribution in [0.4, 0.5) is 5.69 Å². The lowest BCUT2D eigenvalue weighted by Crippen LogP contribution is -2.07. The topological polar surface area (TPSA) is 3.24 Å². The lowest BCUT2D eigenvalue weighted by molar-refractivity contribution is 1.01. The molecule has 0 saturated carbocycles. The molecule has 1 aliphatic carbocycles. The van der Waals surface area contributed by atoms with E-state index in [1.807, 2.05) is 6.08 Å². The molecule has 0 amide bonds. The van der Waals surface area contributed by atoms with Crippen LogP contribution in [0.15, 0.2) is 66.8 Å². The molecule has 92 valence electrons. The van der Waals surface area contributed by atoms with E-state index in [9.17, 15) is 0 Å². The van der Waals surface area contributed by atoms with Gasteiger partial charge in [-0.25, -0.2) is 0 Å². The maximum atomic E-state index is 3.88. The first kappa shape index (κ1) is 12.4. The molecule has 1 heteroatoms. The largest absolute Gasteiger partial charge is 0.378 e. The van der Waals surface area contributed by atoms with E-state index in [2.05, 4.69) is 80.2 Å². The Kier molecular flexibility index (Phi) is 3.83. The van der Waals surface area contributed by atoms with Gasteiger partial charge in [-0.2, -0.15) is 0 Å². The van der Waals surface area contributed by atoms with Crippen LogP contribution in [0, 0.1) is 5.92 Å². The molecule has 0 aliphatic heterocycles. The molecule has 0 aromatic heterocycles. The molecule has 1 aromatic carbocycles. The Morgan fingerprint density at radius 1 is 1.11 bits per heavy atom. The normalized spacial score (nSPS) is 20.1. The molecule has 1 aliphatic rings. The van der Waals surface area contributed by atoms with Gasteiger partial charge in [0.25, 0.3) is 0 Å². The molecule has 2 rings (SSSR count). The number of rotatable bonds is 3. The molecule has 1 aromatic rings. The van der Waals surface area contributed by atoms with E-state index in [1.165, 1.54) is 16.8 Å². The van der Waals surface area contributed by atoms with Gasteiger partial charge in [-0.3, -0.25) is 0 Å². The van der Waals surface area contributed by atoms with Crippen LogP contribution in [-0.2, 0) is 0 Å². The van der Waals surface area contributed by atoms with Crippen LogP contribution in [0.5, 0.6) is 0 Å². The van der Waals surface area contributed by atoms with E-state index in [-0.39, 0.29) is 0 Å². The van der Waals surface area contributed by atoms with E-state index in [0.29, 0.717) is 5.92 Å². The van der Waals surface area contributed by atoms with E-state index in [1.54, 1.807) is 0 Å². The van der Waals surface area contributed by atoms with Gasteiger partial charge in [0, 0.05) is 25.7 Å². The van der Waals surface area contributed by atoms with Crippen molar-refractivity contribution in [2.75, 3.05) is 19.0 Å². The lowest BCUT2D eigenvalue weighted by Gasteiger charge is -2.14. The van der Waals surface area contributed by atoms with Crippen LogP contribution in [0.1, 0.15) is 5.56 Å². The zero-order valence-electron chi connectivity index (χ0n) is 11.0. The molecule has 0 spiro atoms. The van der Waals surface area contributed by atoms with Gasteiger partial charge in [0.15, 0.2) is 0 Å². The third-order valence-electron chi connectivity index (χ3n) is 3.10. The van der Waals surface area contributed by atoms with Crippen LogP contribution < -0.4 is 4.90 Å². The smallest absolute Gasteiger partial charge is 0.0361 e. The molecule has 1 nitrogen and oxygen atoms in total. The standard InChI is InChI=1S/C17H19N/c1-4-15-7-5-6-8-16(15)13-14-9-11-17(12-10-14)18(2)3/h4-13,15H,1H2,2-3H3. The maximum absolute atomic E-state index is 3.88. The Balaban J connectivity index is 2.24. The van der Waals surface area contributed by atoms with Gasteiger partial charge < -0.3 is 4.90 Å². The second-order valence-corrected chi connectivity index (χ2v) is 4.64. The van der Waals surface area contributed by atoms with Crippen molar-refractivity contribution in [1.82, 2.24) is 0 Å². The van der Waals surface area contributed by atoms with Crippen LogP contribution in [0.3, 0.4) is 0 Å². The minimum absolute atomic E-state index is 0.323. The predicted molar refractivity (Wildman–Crippen MR) is 80.7 cm³/mol. The molecule has 0 N–H and O–H groups in total. The average Bonchev–Trinajstić information content (AvgIpc) is 2.40. The van der Waals surface area contributed by atoms with Crippen LogP contribution in [0.2, 0.25) is 0 Å². The Bertz CT molecular complexity index is 501. The number of benzene rings is 1. The van der Waals surface area contributed by atoms with Crippen molar-refractivity contribution in [1.29, 1.82) is 0 Å². The summed E-state index contributed by atoms with van der Waals surface area (Å²) in [5.74, 6) is 0.323. The molecular weight excluding hydrogens is 218 g/mol. The van der Waals surface area contributed by atoms with Crippen molar-refractivity contribution >= 4 is 11.8 Å². The minimum atomic E-state index is 0.323. The second-order valence-electron chi connectivity index (χ2n) is 4.64. The van der Waals surface area contributed by atoms with Crippen molar-refractivity contribution in [2.45, 2.75) is 0 Å². The van der Waals surface area contributed by atoms with Crippen LogP contribution >= 0.6 is 0 Å². The highest BCUT2D eigenvalue weighted by atomic mass is 15.1. The summed E-state index contributed by atoms with van der Waals surface area (Å²) in [5, 5.41) is 0. The number of hydrogen-bond acceptors (Lipinski definition) is 1. The summed E-state index contributed by atoms with van der Waals surface area (Å²) in [6, 6.07) is 8.57. The number of anilines is 1. The van der Waals surface area contributed by atoms with Gasteiger partial charge in [0.05, 0.1) is 0 Å². The first-order valence-electron chi connectivity index (χ1n) is 6.17. The molecular formula is C17H19N. The highest BCUT2D eigenvalue weighted by molar-refractivity contribution is 5.61. The highest BCUT2D eigenvalue weighted by Gasteiger charge is 2.06.